The molecule has 2 aromatic heterocycles. The van der Waals surface area contributed by atoms with Gasteiger partial charge in [0.2, 0.25) is 5.88 Å². The van der Waals surface area contributed by atoms with Gasteiger partial charge in [-0.05, 0) is 42.5 Å². The number of benzene rings is 2. The van der Waals surface area contributed by atoms with E-state index < -0.39 is 0 Å². The third-order valence-corrected chi connectivity index (χ3v) is 3.94. The van der Waals surface area contributed by atoms with Crippen LogP contribution in [0.4, 0.5) is 5.69 Å². The highest BCUT2D eigenvalue weighted by atomic mass is 16.5. The fourth-order valence-corrected chi connectivity index (χ4v) is 2.62. The molecule has 1 N–H and O–H groups in total. The summed E-state index contributed by atoms with van der Waals surface area (Å²) in [6.45, 7) is 0. The summed E-state index contributed by atoms with van der Waals surface area (Å²) in [5, 5.41) is 10.4. The van der Waals surface area contributed by atoms with Crippen LogP contribution >= 0.6 is 0 Å². The van der Waals surface area contributed by atoms with Crippen LogP contribution in [0, 0.1) is 0 Å². The number of carbonyl (C=O) groups is 1. The Kier molecular flexibility index (Phi) is 4.03. The lowest BCUT2D eigenvalue weighted by molar-refractivity contribution is 0.102. The van der Waals surface area contributed by atoms with Crippen molar-refractivity contribution < 1.29 is 9.53 Å². The average molecular weight is 345 g/mol. The first-order valence-corrected chi connectivity index (χ1v) is 7.96. The molecule has 2 heterocycles. The Morgan fingerprint density at radius 3 is 2.54 bits per heavy atom. The van der Waals surface area contributed by atoms with Gasteiger partial charge in [-0.3, -0.25) is 9.36 Å². The number of methoxy groups -OCH3 is 1. The largest absolute Gasteiger partial charge is 0.480 e. The van der Waals surface area contributed by atoms with Crippen LogP contribution in [0.25, 0.3) is 16.7 Å². The molecule has 0 bridgehead atoms. The number of hydrogen-bond donors (Lipinski definition) is 1. The van der Waals surface area contributed by atoms with Crippen LogP contribution in [-0.4, -0.2) is 32.8 Å². The SMILES string of the molecule is COc1ccc(C(=O)Nc2ccc(-n3cnc4ccccc43)cc2)nn1. The Morgan fingerprint density at radius 2 is 1.81 bits per heavy atom. The molecule has 0 aliphatic heterocycles. The van der Waals surface area contributed by atoms with Crippen molar-refractivity contribution in [3.63, 3.8) is 0 Å². The molecule has 128 valence electrons. The highest BCUT2D eigenvalue weighted by Gasteiger charge is 2.09. The summed E-state index contributed by atoms with van der Waals surface area (Å²) in [6.07, 6.45) is 1.78. The van der Waals surface area contributed by atoms with E-state index in [9.17, 15) is 4.79 Å². The lowest BCUT2D eigenvalue weighted by atomic mass is 10.2. The van der Waals surface area contributed by atoms with Gasteiger partial charge in [0.05, 0.1) is 18.1 Å². The minimum absolute atomic E-state index is 0.218. The van der Waals surface area contributed by atoms with Gasteiger partial charge in [-0.15, -0.1) is 10.2 Å². The van der Waals surface area contributed by atoms with E-state index in [1.54, 1.807) is 18.5 Å². The third-order valence-electron chi connectivity index (χ3n) is 3.94. The summed E-state index contributed by atoms with van der Waals surface area (Å²) in [7, 11) is 1.49. The second-order valence-electron chi connectivity index (χ2n) is 5.57. The maximum atomic E-state index is 12.2. The van der Waals surface area contributed by atoms with Gasteiger partial charge in [-0.25, -0.2) is 4.98 Å². The minimum atomic E-state index is -0.332. The summed E-state index contributed by atoms with van der Waals surface area (Å²) in [4.78, 5) is 16.6. The molecule has 2 aromatic carbocycles. The van der Waals surface area contributed by atoms with E-state index >= 15 is 0 Å². The summed E-state index contributed by atoms with van der Waals surface area (Å²) in [6, 6.07) is 18.6. The van der Waals surface area contributed by atoms with Crippen molar-refractivity contribution in [2.45, 2.75) is 0 Å². The van der Waals surface area contributed by atoms with E-state index in [4.69, 9.17) is 4.74 Å². The van der Waals surface area contributed by atoms with Crippen LogP contribution in [-0.2, 0) is 0 Å². The predicted octanol–water partition coefficient (Wildman–Crippen LogP) is 3.08. The Labute approximate surface area is 149 Å². The molecule has 0 saturated heterocycles. The highest BCUT2D eigenvalue weighted by molar-refractivity contribution is 6.02. The molecule has 0 saturated carbocycles. The van der Waals surface area contributed by atoms with Gasteiger partial charge in [0, 0.05) is 17.4 Å². The molecule has 7 heteroatoms. The van der Waals surface area contributed by atoms with Crippen molar-refractivity contribution in [2.24, 2.45) is 0 Å². The van der Waals surface area contributed by atoms with Gasteiger partial charge < -0.3 is 10.1 Å². The standard InChI is InChI=1S/C19H15N5O2/c1-26-18-11-10-16(22-23-18)19(25)21-13-6-8-14(9-7-13)24-12-20-15-4-2-3-5-17(15)24/h2-12H,1H3,(H,21,25). The quantitative estimate of drug-likeness (QED) is 0.615. The summed E-state index contributed by atoms with van der Waals surface area (Å²) >= 11 is 0. The number of amides is 1. The number of para-hydroxylation sites is 2. The molecular formula is C19H15N5O2. The maximum absolute atomic E-state index is 12.2. The molecule has 7 nitrogen and oxygen atoms in total. The Hall–Kier alpha value is -3.74. The fraction of sp³-hybridized carbons (Fsp3) is 0.0526. The second kappa shape index (κ2) is 6.64. The molecule has 0 fully saturated rings. The Morgan fingerprint density at radius 1 is 1.00 bits per heavy atom. The summed E-state index contributed by atoms with van der Waals surface area (Å²) in [5.41, 5.74) is 3.80. The fourth-order valence-electron chi connectivity index (χ4n) is 2.62. The molecule has 0 aliphatic carbocycles. The molecular weight excluding hydrogens is 330 g/mol. The number of anilines is 1. The molecule has 26 heavy (non-hydrogen) atoms. The zero-order chi connectivity index (χ0) is 17.9. The minimum Gasteiger partial charge on any atom is -0.480 e. The van der Waals surface area contributed by atoms with Gasteiger partial charge in [0.25, 0.3) is 5.91 Å². The maximum Gasteiger partial charge on any atom is 0.276 e. The first kappa shape index (κ1) is 15.8. The number of ether oxygens (including phenoxy) is 1. The van der Waals surface area contributed by atoms with Crippen LogP contribution in [0.15, 0.2) is 67.0 Å². The first-order valence-electron chi connectivity index (χ1n) is 7.96. The van der Waals surface area contributed by atoms with E-state index in [-0.39, 0.29) is 11.6 Å². The molecule has 4 rings (SSSR count). The summed E-state index contributed by atoms with van der Waals surface area (Å²) in [5.74, 6) is 0.0273. The molecule has 0 atom stereocenters. The Balaban J connectivity index is 1.53. The number of carbonyl (C=O) groups excluding carboxylic acids is 1. The number of nitrogens with one attached hydrogen (secondary N) is 1. The van der Waals surface area contributed by atoms with Crippen LogP contribution in [0.2, 0.25) is 0 Å². The van der Waals surface area contributed by atoms with Crippen LogP contribution < -0.4 is 10.1 Å². The first-order chi connectivity index (χ1) is 12.7. The van der Waals surface area contributed by atoms with E-state index in [2.05, 4.69) is 20.5 Å². The van der Waals surface area contributed by atoms with E-state index in [0.29, 0.717) is 11.6 Å². The van der Waals surface area contributed by atoms with Crippen molar-refractivity contribution in [3.05, 3.63) is 72.7 Å². The Bertz CT molecular complexity index is 1060. The molecule has 4 aromatic rings. The number of nitrogens with zero attached hydrogens (tertiary/aromatic N) is 4. The van der Waals surface area contributed by atoms with Gasteiger partial charge in [-0.2, -0.15) is 0 Å². The van der Waals surface area contributed by atoms with Gasteiger partial charge in [0.1, 0.15) is 6.33 Å². The van der Waals surface area contributed by atoms with Crippen LogP contribution in [0.3, 0.4) is 0 Å². The summed E-state index contributed by atoms with van der Waals surface area (Å²) < 4.78 is 6.93. The third kappa shape index (κ3) is 2.98. The number of hydrogen-bond acceptors (Lipinski definition) is 5. The van der Waals surface area contributed by atoms with Crippen LogP contribution in [0.5, 0.6) is 5.88 Å². The second-order valence-corrected chi connectivity index (χ2v) is 5.57. The van der Waals surface area contributed by atoms with Crippen molar-refractivity contribution in [1.82, 2.24) is 19.7 Å². The molecule has 0 aliphatic rings. The van der Waals surface area contributed by atoms with E-state index in [1.165, 1.54) is 7.11 Å². The van der Waals surface area contributed by atoms with Crippen LogP contribution in [0.1, 0.15) is 10.5 Å². The zero-order valence-corrected chi connectivity index (χ0v) is 14.0. The van der Waals surface area contributed by atoms with Gasteiger partial charge in [-0.1, -0.05) is 12.1 Å². The molecule has 0 radical (unpaired) electrons. The van der Waals surface area contributed by atoms with Gasteiger partial charge in [0.15, 0.2) is 5.69 Å². The average Bonchev–Trinajstić information content (AvgIpc) is 3.13. The number of fused-ring (bicyclic) bond motifs is 1. The predicted molar refractivity (Wildman–Crippen MR) is 97.6 cm³/mol. The highest BCUT2D eigenvalue weighted by Crippen LogP contribution is 2.19. The lowest BCUT2D eigenvalue weighted by Crippen LogP contribution is -2.14. The molecule has 0 spiro atoms. The topological polar surface area (TPSA) is 81.9 Å². The lowest BCUT2D eigenvalue weighted by Gasteiger charge is -2.08. The monoisotopic (exact) mass is 345 g/mol. The number of aromatic nitrogens is 4. The van der Waals surface area contributed by atoms with Gasteiger partial charge >= 0.3 is 0 Å². The van der Waals surface area contributed by atoms with Crippen molar-refractivity contribution in [3.8, 4) is 11.6 Å². The number of rotatable bonds is 4. The van der Waals surface area contributed by atoms with Crippen molar-refractivity contribution in [1.29, 1.82) is 0 Å². The number of imidazole rings is 1. The molecule has 1 amide bonds. The zero-order valence-electron chi connectivity index (χ0n) is 14.0. The normalized spacial score (nSPS) is 10.7. The van der Waals surface area contributed by atoms with Crippen molar-refractivity contribution in [2.75, 3.05) is 12.4 Å². The van der Waals surface area contributed by atoms with Crippen molar-refractivity contribution >= 4 is 22.6 Å². The molecule has 0 unspecified atom stereocenters. The smallest absolute Gasteiger partial charge is 0.276 e. The van der Waals surface area contributed by atoms with E-state index in [0.717, 1.165) is 16.7 Å². The van der Waals surface area contributed by atoms with E-state index in [1.807, 2.05) is 53.1 Å².